The number of nitrogens with zero attached hydrogens (tertiary/aromatic N) is 5. The van der Waals surface area contributed by atoms with Crippen molar-refractivity contribution in [2.24, 2.45) is 7.05 Å². The van der Waals surface area contributed by atoms with Gasteiger partial charge < -0.3 is 5.11 Å². The van der Waals surface area contributed by atoms with Crippen molar-refractivity contribution in [3.05, 3.63) is 6.33 Å². The van der Waals surface area contributed by atoms with Crippen molar-refractivity contribution in [3.63, 3.8) is 0 Å². The molecule has 2 heterocycles. The Hall–Kier alpha value is -1.81. The second-order valence-electron chi connectivity index (χ2n) is 2.77. The predicted molar refractivity (Wildman–Crippen MR) is 54.3 cm³/mol. The fourth-order valence-corrected chi connectivity index (χ4v) is 1.77. The molecule has 0 unspecified atom stereocenters. The topological polar surface area (TPSA) is 87.6 Å². The third-order valence-electron chi connectivity index (χ3n) is 1.83. The van der Waals surface area contributed by atoms with Crippen molar-refractivity contribution < 1.29 is 5.11 Å². The highest BCUT2D eigenvalue weighted by atomic mass is 32.2. The van der Waals surface area contributed by atoms with Crippen LogP contribution in [0.1, 0.15) is 0 Å². The lowest BCUT2D eigenvalue weighted by Gasteiger charge is -1.94. The fourth-order valence-electron chi connectivity index (χ4n) is 1.17. The average molecular weight is 221 g/mol. The molecule has 15 heavy (non-hydrogen) atoms. The van der Waals surface area contributed by atoms with E-state index in [2.05, 4.69) is 15.1 Å². The summed E-state index contributed by atoms with van der Waals surface area (Å²) in [6.45, 7) is 0. The number of rotatable bonds is 2. The van der Waals surface area contributed by atoms with Gasteiger partial charge in [-0.15, -0.1) is 0 Å². The smallest absolute Gasteiger partial charge is 0.236 e. The number of aryl methyl sites for hydroxylation is 1. The van der Waals surface area contributed by atoms with Crippen molar-refractivity contribution in [1.82, 2.24) is 19.7 Å². The van der Waals surface area contributed by atoms with Crippen LogP contribution in [0.2, 0.25) is 0 Å². The monoisotopic (exact) mass is 221 g/mol. The van der Waals surface area contributed by atoms with Crippen LogP contribution in [-0.4, -0.2) is 30.6 Å². The molecular weight excluding hydrogens is 214 g/mol. The van der Waals surface area contributed by atoms with Gasteiger partial charge in [-0.3, -0.25) is 0 Å². The summed E-state index contributed by atoms with van der Waals surface area (Å²) in [6, 6.07) is 2.01. The third kappa shape index (κ3) is 1.59. The number of fused-ring (bicyclic) bond motifs is 1. The molecule has 1 N–H and O–H groups in total. The quantitative estimate of drug-likeness (QED) is 0.592. The molecule has 0 saturated carbocycles. The maximum Gasteiger partial charge on any atom is 0.236 e. The molecule has 0 fully saturated rings. The maximum absolute atomic E-state index is 9.58. The van der Waals surface area contributed by atoms with Gasteiger partial charge in [-0.25, -0.2) is 14.6 Å². The highest BCUT2D eigenvalue weighted by molar-refractivity contribution is 7.99. The number of thioether (sulfide) groups is 1. The molecule has 76 valence electrons. The van der Waals surface area contributed by atoms with Crippen molar-refractivity contribution >= 4 is 22.8 Å². The minimum atomic E-state index is 0.00575. The Morgan fingerprint density at radius 3 is 3.07 bits per heavy atom. The van der Waals surface area contributed by atoms with Gasteiger partial charge in [0.2, 0.25) is 5.88 Å². The Bertz CT molecular complexity index is 544. The van der Waals surface area contributed by atoms with Crippen LogP contribution in [0.25, 0.3) is 11.0 Å². The van der Waals surface area contributed by atoms with Gasteiger partial charge in [0.25, 0.3) is 0 Å². The van der Waals surface area contributed by atoms with Crippen LogP contribution in [0.5, 0.6) is 5.88 Å². The van der Waals surface area contributed by atoms with Crippen molar-refractivity contribution in [2.45, 2.75) is 5.03 Å². The molecule has 2 rings (SSSR count). The standard InChI is InChI=1S/C8H7N5OS/c1-13-8(14)6-5(12-13)7(11-4-10-6)15-3-2-9/h4,14H,3H2,1H3. The van der Waals surface area contributed by atoms with E-state index in [1.165, 1.54) is 22.8 Å². The molecule has 2 aromatic heterocycles. The Balaban J connectivity index is 2.57. The number of hydrogen-bond acceptors (Lipinski definition) is 6. The molecule has 0 aliphatic rings. The molecule has 7 heteroatoms. The molecule has 0 spiro atoms. The highest BCUT2D eigenvalue weighted by Crippen LogP contribution is 2.27. The van der Waals surface area contributed by atoms with Gasteiger partial charge >= 0.3 is 0 Å². The molecular formula is C8H7N5OS. The van der Waals surface area contributed by atoms with E-state index < -0.39 is 0 Å². The summed E-state index contributed by atoms with van der Waals surface area (Å²) in [5, 5.41) is 22.7. The van der Waals surface area contributed by atoms with Crippen LogP contribution in [0, 0.1) is 11.3 Å². The first-order valence-corrected chi connectivity index (χ1v) is 5.09. The summed E-state index contributed by atoms with van der Waals surface area (Å²) in [5.41, 5.74) is 0.936. The van der Waals surface area contributed by atoms with Gasteiger partial charge in [0, 0.05) is 7.05 Å². The molecule has 0 amide bonds. The Kier molecular flexibility index (Phi) is 2.43. The number of hydrogen-bond donors (Lipinski definition) is 1. The maximum atomic E-state index is 9.58. The van der Waals surface area contributed by atoms with Gasteiger partial charge in [0.05, 0.1) is 11.8 Å². The van der Waals surface area contributed by atoms with E-state index >= 15 is 0 Å². The lowest BCUT2D eigenvalue weighted by Crippen LogP contribution is -1.88. The largest absolute Gasteiger partial charge is 0.492 e. The van der Waals surface area contributed by atoms with Crippen molar-refractivity contribution in [2.75, 3.05) is 5.75 Å². The van der Waals surface area contributed by atoms with E-state index in [0.717, 1.165) is 0 Å². The lowest BCUT2D eigenvalue weighted by atomic mass is 10.5. The average Bonchev–Trinajstić information content (AvgIpc) is 2.53. The third-order valence-corrected chi connectivity index (χ3v) is 2.68. The predicted octanol–water partition coefficient (Wildman–Crippen LogP) is 0.685. The van der Waals surface area contributed by atoms with E-state index in [1.807, 2.05) is 6.07 Å². The van der Waals surface area contributed by atoms with E-state index in [0.29, 0.717) is 21.8 Å². The van der Waals surface area contributed by atoms with Crippen LogP contribution >= 0.6 is 11.8 Å². The van der Waals surface area contributed by atoms with Gasteiger partial charge in [0.15, 0.2) is 5.52 Å². The summed E-state index contributed by atoms with van der Waals surface area (Å²) >= 11 is 1.27. The molecule has 0 radical (unpaired) electrons. The SMILES string of the molecule is Cn1nc2c(SCC#N)ncnc2c1O. The van der Waals surface area contributed by atoms with Crippen molar-refractivity contribution in [1.29, 1.82) is 5.26 Å². The first-order chi connectivity index (χ1) is 7.24. The molecule has 0 aromatic carbocycles. The van der Waals surface area contributed by atoms with Gasteiger partial charge in [0.1, 0.15) is 16.9 Å². The van der Waals surface area contributed by atoms with Gasteiger partial charge in [-0.05, 0) is 0 Å². The molecule has 0 bridgehead atoms. The molecule has 0 aliphatic heterocycles. The number of aromatic nitrogens is 4. The number of nitriles is 1. The van der Waals surface area contributed by atoms with Crippen molar-refractivity contribution in [3.8, 4) is 11.9 Å². The van der Waals surface area contributed by atoms with E-state index in [1.54, 1.807) is 7.05 Å². The molecule has 0 aliphatic carbocycles. The molecule has 0 atom stereocenters. The zero-order valence-electron chi connectivity index (χ0n) is 7.88. The Morgan fingerprint density at radius 2 is 2.33 bits per heavy atom. The Labute approximate surface area is 89.6 Å². The lowest BCUT2D eigenvalue weighted by molar-refractivity contribution is 0.423. The highest BCUT2D eigenvalue weighted by Gasteiger charge is 2.13. The van der Waals surface area contributed by atoms with E-state index in [9.17, 15) is 5.11 Å². The summed E-state index contributed by atoms with van der Waals surface area (Å²) < 4.78 is 1.33. The van der Waals surface area contributed by atoms with Crippen LogP contribution < -0.4 is 0 Å². The number of aromatic hydroxyl groups is 1. The minimum absolute atomic E-state index is 0.00575. The van der Waals surface area contributed by atoms with Crippen LogP contribution in [0.3, 0.4) is 0 Å². The fraction of sp³-hybridized carbons (Fsp3) is 0.250. The van der Waals surface area contributed by atoms with E-state index in [-0.39, 0.29) is 5.88 Å². The summed E-state index contributed by atoms with van der Waals surface area (Å²) in [4.78, 5) is 7.94. The summed E-state index contributed by atoms with van der Waals surface area (Å²) in [6.07, 6.45) is 1.35. The van der Waals surface area contributed by atoms with Gasteiger partial charge in [-0.2, -0.15) is 10.4 Å². The van der Waals surface area contributed by atoms with Crippen LogP contribution in [0.15, 0.2) is 11.4 Å². The summed E-state index contributed by atoms with van der Waals surface area (Å²) in [5.74, 6) is 0.301. The normalized spacial score (nSPS) is 10.4. The molecule has 2 aromatic rings. The van der Waals surface area contributed by atoms with Gasteiger partial charge in [-0.1, -0.05) is 11.8 Å². The molecule has 0 saturated heterocycles. The first kappa shape index (κ1) is 9.73. The van der Waals surface area contributed by atoms with Crippen LogP contribution in [-0.2, 0) is 7.05 Å². The zero-order valence-corrected chi connectivity index (χ0v) is 8.69. The Morgan fingerprint density at radius 1 is 1.53 bits per heavy atom. The van der Waals surface area contributed by atoms with E-state index in [4.69, 9.17) is 5.26 Å². The second-order valence-corrected chi connectivity index (χ2v) is 3.73. The second kappa shape index (κ2) is 3.74. The van der Waals surface area contributed by atoms with Crippen LogP contribution in [0.4, 0.5) is 0 Å². The molecule has 6 nitrogen and oxygen atoms in total. The zero-order chi connectivity index (χ0) is 10.8. The summed E-state index contributed by atoms with van der Waals surface area (Å²) in [7, 11) is 1.62. The first-order valence-electron chi connectivity index (χ1n) is 4.10. The minimum Gasteiger partial charge on any atom is -0.492 e.